The molecule has 7 atom stereocenters. The molecular formula is C21H30O12. The number of carbonyl (C=O) groups is 2. The number of aliphatic hydroxyl groups is 6. The number of benzene rings is 1. The molecule has 7 N–H and O–H groups in total. The van der Waals surface area contributed by atoms with Crippen molar-refractivity contribution in [2.45, 2.75) is 69.3 Å². The molecule has 1 aliphatic heterocycles. The molecule has 1 heterocycles. The molecule has 1 aromatic carbocycles. The van der Waals surface area contributed by atoms with Gasteiger partial charge in [0.1, 0.15) is 36.8 Å². The molecule has 2 unspecified atom stereocenters. The van der Waals surface area contributed by atoms with E-state index in [-0.39, 0.29) is 24.7 Å². The molecule has 186 valence electrons. The third-order valence-electron chi connectivity index (χ3n) is 5.17. The highest BCUT2D eigenvalue weighted by Crippen LogP contribution is 2.25. The van der Waals surface area contributed by atoms with Gasteiger partial charge in [-0.05, 0) is 30.0 Å². The highest BCUT2D eigenvalue weighted by atomic mass is 16.7. The predicted octanol–water partition coefficient (Wildman–Crippen LogP) is -1.87. The minimum absolute atomic E-state index is 0.187. The molecule has 1 fully saturated rings. The molecule has 1 aliphatic rings. The fourth-order valence-corrected chi connectivity index (χ4v) is 3.33. The van der Waals surface area contributed by atoms with Crippen LogP contribution in [0.1, 0.15) is 25.8 Å². The van der Waals surface area contributed by atoms with Gasteiger partial charge in [0.05, 0.1) is 6.61 Å². The summed E-state index contributed by atoms with van der Waals surface area (Å²) < 4.78 is 15.6. The quantitative estimate of drug-likeness (QED) is 0.186. The van der Waals surface area contributed by atoms with Crippen LogP contribution >= 0.6 is 0 Å². The van der Waals surface area contributed by atoms with Gasteiger partial charge >= 0.3 is 11.9 Å². The highest BCUT2D eigenvalue weighted by molar-refractivity contribution is 5.87. The number of carboxylic acid groups (broad SMARTS) is 1. The summed E-state index contributed by atoms with van der Waals surface area (Å²) in [5, 5.41) is 68.3. The van der Waals surface area contributed by atoms with E-state index in [1.54, 1.807) is 13.8 Å². The lowest BCUT2D eigenvalue weighted by molar-refractivity contribution is -0.277. The average Bonchev–Trinajstić information content (AvgIpc) is 2.77. The fraction of sp³-hybridized carbons (Fsp3) is 0.619. The third-order valence-corrected chi connectivity index (χ3v) is 5.17. The van der Waals surface area contributed by atoms with E-state index in [4.69, 9.17) is 14.2 Å². The van der Waals surface area contributed by atoms with E-state index >= 15 is 0 Å². The summed E-state index contributed by atoms with van der Waals surface area (Å²) >= 11 is 0. The van der Waals surface area contributed by atoms with Crippen LogP contribution in [-0.2, 0) is 25.7 Å². The van der Waals surface area contributed by atoms with Crippen molar-refractivity contribution in [3.05, 3.63) is 29.8 Å². The van der Waals surface area contributed by atoms with Crippen LogP contribution in [0.25, 0.3) is 0 Å². The summed E-state index contributed by atoms with van der Waals surface area (Å²) in [6.45, 7) is 2.31. The summed E-state index contributed by atoms with van der Waals surface area (Å²) in [4.78, 5) is 23.5. The molecule has 12 heteroatoms. The van der Waals surface area contributed by atoms with Crippen molar-refractivity contribution in [3.63, 3.8) is 0 Å². The average molecular weight is 474 g/mol. The number of carboxylic acids is 1. The zero-order chi connectivity index (χ0) is 24.9. The third kappa shape index (κ3) is 6.38. The molecule has 0 saturated carbocycles. The lowest BCUT2D eigenvalue weighted by atomic mass is 9.87. The number of aliphatic carboxylic acids is 1. The van der Waals surface area contributed by atoms with Crippen LogP contribution < -0.4 is 4.74 Å². The lowest BCUT2D eigenvalue weighted by Gasteiger charge is -2.39. The van der Waals surface area contributed by atoms with Gasteiger partial charge in [0.2, 0.25) is 6.29 Å². The van der Waals surface area contributed by atoms with Crippen molar-refractivity contribution >= 4 is 11.9 Å². The van der Waals surface area contributed by atoms with Crippen LogP contribution in [0, 0.1) is 5.92 Å². The van der Waals surface area contributed by atoms with E-state index in [9.17, 15) is 45.3 Å². The molecule has 0 aromatic heterocycles. The van der Waals surface area contributed by atoms with Gasteiger partial charge in [-0.3, -0.25) is 0 Å². The van der Waals surface area contributed by atoms with Crippen LogP contribution in [0.3, 0.4) is 0 Å². The maximum Gasteiger partial charge on any atom is 0.339 e. The van der Waals surface area contributed by atoms with Gasteiger partial charge in [-0.25, -0.2) is 9.59 Å². The van der Waals surface area contributed by atoms with Crippen LogP contribution in [0.4, 0.5) is 0 Å². The number of rotatable bonds is 10. The van der Waals surface area contributed by atoms with Crippen LogP contribution in [-0.4, -0.2) is 96.7 Å². The normalized spacial score (nSPS) is 28.1. The Balaban J connectivity index is 1.96. The fourth-order valence-electron chi connectivity index (χ4n) is 3.33. The van der Waals surface area contributed by atoms with Gasteiger partial charge in [0, 0.05) is 0 Å². The van der Waals surface area contributed by atoms with Gasteiger partial charge in [0.15, 0.2) is 11.7 Å². The van der Waals surface area contributed by atoms with E-state index in [0.717, 1.165) is 0 Å². The number of aliphatic hydroxyl groups excluding tert-OH is 5. The highest BCUT2D eigenvalue weighted by Gasteiger charge is 2.48. The number of ether oxygens (including phenoxy) is 3. The Morgan fingerprint density at radius 1 is 1.09 bits per heavy atom. The second-order valence-electron chi connectivity index (χ2n) is 8.30. The molecule has 0 bridgehead atoms. The number of hydrogen-bond acceptors (Lipinski definition) is 11. The molecule has 0 aliphatic carbocycles. The first-order valence-electron chi connectivity index (χ1n) is 10.3. The van der Waals surface area contributed by atoms with Crippen molar-refractivity contribution in [1.29, 1.82) is 0 Å². The first-order chi connectivity index (χ1) is 15.4. The Morgan fingerprint density at radius 2 is 1.70 bits per heavy atom. The van der Waals surface area contributed by atoms with Gasteiger partial charge in [0.25, 0.3) is 0 Å². The van der Waals surface area contributed by atoms with E-state index in [2.05, 4.69) is 0 Å². The largest absolute Gasteiger partial charge is 0.479 e. The Kier molecular flexibility index (Phi) is 9.14. The topological polar surface area (TPSA) is 203 Å². The second-order valence-corrected chi connectivity index (χ2v) is 8.30. The van der Waals surface area contributed by atoms with Gasteiger partial charge < -0.3 is 50.0 Å². The first-order valence-corrected chi connectivity index (χ1v) is 10.3. The number of hydrogen-bond donors (Lipinski definition) is 7. The van der Waals surface area contributed by atoms with Gasteiger partial charge in [-0.1, -0.05) is 26.0 Å². The molecule has 0 spiro atoms. The van der Waals surface area contributed by atoms with E-state index in [1.807, 2.05) is 0 Å². The van der Waals surface area contributed by atoms with Crippen molar-refractivity contribution in [2.24, 2.45) is 5.92 Å². The summed E-state index contributed by atoms with van der Waals surface area (Å²) in [6, 6.07) is 5.79. The van der Waals surface area contributed by atoms with Gasteiger partial charge in [-0.15, -0.1) is 0 Å². The minimum Gasteiger partial charge on any atom is -0.479 e. The molecule has 0 radical (unpaired) electrons. The van der Waals surface area contributed by atoms with E-state index in [0.29, 0.717) is 5.56 Å². The first kappa shape index (κ1) is 26.9. The lowest BCUT2D eigenvalue weighted by Crippen LogP contribution is -2.60. The molecule has 0 amide bonds. The zero-order valence-corrected chi connectivity index (χ0v) is 18.1. The number of carbonyl (C=O) groups excluding carboxylic acids is 1. The van der Waals surface area contributed by atoms with Crippen LogP contribution in [0.5, 0.6) is 5.75 Å². The van der Waals surface area contributed by atoms with Crippen LogP contribution in [0.15, 0.2) is 24.3 Å². The molecular weight excluding hydrogens is 444 g/mol. The van der Waals surface area contributed by atoms with Crippen molar-refractivity contribution in [2.75, 3.05) is 6.61 Å². The monoisotopic (exact) mass is 474 g/mol. The summed E-state index contributed by atoms with van der Waals surface area (Å²) in [5.41, 5.74) is -2.26. The Hall–Kier alpha value is -2.32. The summed E-state index contributed by atoms with van der Waals surface area (Å²) in [7, 11) is 0. The van der Waals surface area contributed by atoms with Crippen molar-refractivity contribution in [3.8, 4) is 5.75 Å². The minimum atomic E-state index is -2.69. The molecule has 2 rings (SSSR count). The second kappa shape index (κ2) is 11.2. The summed E-state index contributed by atoms with van der Waals surface area (Å²) in [5.74, 6) is -3.17. The van der Waals surface area contributed by atoms with E-state index in [1.165, 1.54) is 24.3 Å². The zero-order valence-electron chi connectivity index (χ0n) is 18.1. The number of esters is 1. The predicted molar refractivity (Wildman–Crippen MR) is 109 cm³/mol. The standard InChI is InChI=1S/C21H30O12/c1-10(2)7-21(30,20(28)29)17(26)18(27)31-9-11-3-5-12(6-4-11)32-19-16(25)15(24)14(23)13(8-22)33-19/h3-6,10,13-17,19,22-26,30H,7-9H2,1-2H3,(H,28,29)/t13-,14-,15+,16-,17?,19-,21?/m1/s1. The van der Waals surface area contributed by atoms with Crippen molar-refractivity contribution < 1.29 is 59.5 Å². The van der Waals surface area contributed by atoms with Gasteiger partial charge in [-0.2, -0.15) is 0 Å². The molecule has 1 aromatic rings. The SMILES string of the molecule is CC(C)CC(O)(C(=O)O)C(O)C(=O)OCc1ccc(O[C@@H]2O[C@H](CO)[C@@H](O)[C@H](O)[C@H]2O)cc1. The maximum absolute atomic E-state index is 12.1. The van der Waals surface area contributed by atoms with Crippen LogP contribution in [0.2, 0.25) is 0 Å². The Bertz CT molecular complexity index is 795. The molecule has 33 heavy (non-hydrogen) atoms. The Morgan fingerprint density at radius 3 is 2.21 bits per heavy atom. The molecule has 1 saturated heterocycles. The Labute approximate surface area is 189 Å². The molecule has 12 nitrogen and oxygen atoms in total. The maximum atomic E-state index is 12.1. The summed E-state index contributed by atoms with van der Waals surface area (Å²) in [6.07, 6.45) is -9.83. The smallest absolute Gasteiger partial charge is 0.339 e. The van der Waals surface area contributed by atoms with Crippen molar-refractivity contribution in [1.82, 2.24) is 0 Å². The van der Waals surface area contributed by atoms with E-state index < -0.39 is 61.0 Å².